The van der Waals surface area contributed by atoms with E-state index in [1.165, 1.54) is 5.56 Å². The minimum atomic E-state index is -2.61. The average molecular weight is 312 g/mol. The standard InChI is InChI=1S/C8H10.C7H10O7/c1-2-8-6-4-3-5-7-8;1-14-5(10)3-7(13,6(11)12)2-4(8)9/h3-7H,2H2,1H3;13H,2-3H2,1H3,(H,8,9)(H,11,12). The molecular formula is C15H20O7. The molecule has 1 rings (SSSR count). The van der Waals surface area contributed by atoms with Crippen LogP contribution >= 0.6 is 0 Å². The van der Waals surface area contributed by atoms with Gasteiger partial charge in [-0.15, -0.1) is 0 Å². The smallest absolute Gasteiger partial charge is 0.336 e. The van der Waals surface area contributed by atoms with Crippen LogP contribution in [0.25, 0.3) is 0 Å². The van der Waals surface area contributed by atoms with Gasteiger partial charge in [0.05, 0.1) is 20.0 Å². The summed E-state index contributed by atoms with van der Waals surface area (Å²) in [4.78, 5) is 31.4. The molecule has 0 radical (unpaired) electrons. The lowest BCUT2D eigenvalue weighted by atomic mass is 9.96. The summed E-state index contributed by atoms with van der Waals surface area (Å²) in [5.41, 5.74) is -1.20. The molecule has 0 aromatic heterocycles. The van der Waals surface area contributed by atoms with Gasteiger partial charge in [0.25, 0.3) is 0 Å². The second-order valence-corrected chi connectivity index (χ2v) is 4.50. The lowest BCUT2D eigenvalue weighted by Gasteiger charge is -2.19. The summed E-state index contributed by atoms with van der Waals surface area (Å²) >= 11 is 0. The topological polar surface area (TPSA) is 121 Å². The normalized spacial score (nSPS) is 12.3. The first-order valence-electron chi connectivity index (χ1n) is 6.53. The molecule has 0 heterocycles. The number of aryl methyl sites for hydroxylation is 1. The number of carbonyl (C=O) groups excluding carboxylic acids is 1. The van der Waals surface area contributed by atoms with E-state index in [1.807, 2.05) is 6.07 Å². The molecule has 22 heavy (non-hydrogen) atoms. The Kier molecular flexibility index (Phi) is 8.47. The van der Waals surface area contributed by atoms with Crippen LogP contribution in [0.15, 0.2) is 30.3 Å². The molecule has 7 heteroatoms. The van der Waals surface area contributed by atoms with Crippen LogP contribution in [-0.2, 0) is 25.5 Å². The molecule has 0 aliphatic heterocycles. The predicted molar refractivity (Wildman–Crippen MR) is 77.3 cm³/mol. The van der Waals surface area contributed by atoms with Gasteiger partial charge in [-0.25, -0.2) is 4.79 Å². The second kappa shape index (κ2) is 9.51. The van der Waals surface area contributed by atoms with Crippen LogP contribution in [-0.4, -0.2) is 45.9 Å². The molecule has 7 nitrogen and oxygen atoms in total. The molecule has 3 N–H and O–H groups in total. The molecule has 1 aromatic carbocycles. The van der Waals surface area contributed by atoms with Crippen LogP contribution in [0, 0.1) is 0 Å². The van der Waals surface area contributed by atoms with Gasteiger partial charge in [-0.1, -0.05) is 37.3 Å². The molecule has 0 spiro atoms. The molecule has 122 valence electrons. The van der Waals surface area contributed by atoms with Crippen molar-refractivity contribution >= 4 is 17.9 Å². The van der Waals surface area contributed by atoms with Crippen molar-refractivity contribution < 1.29 is 34.4 Å². The highest BCUT2D eigenvalue weighted by Gasteiger charge is 2.41. The van der Waals surface area contributed by atoms with E-state index in [1.54, 1.807) is 0 Å². The molecule has 1 aromatic rings. The monoisotopic (exact) mass is 312 g/mol. The molecular weight excluding hydrogens is 292 g/mol. The molecule has 0 saturated carbocycles. The molecule has 0 fully saturated rings. The minimum Gasteiger partial charge on any atom is -0.481 e. The Hall–Kier alpha value is -2.41. The molecule has 0 saturated heterocycles. The number of aliphatic carboxylic acids is 2. The third-order valence-electron chi connectivity index (χ3n) is 2.76. The SMILES string of the molecule is CCc1ccccc1.COC(=O)CC(O)(CC(=O)O)C(=O)O. The van der Waals surface area contributed by atoms with Crippen LogP contribution in [0.1, 0.15) is 25.3 Å². The van der Waals surface area contributed by atoms with Gasteiger partial charge < -0.3 is 20.1 Å². The van der Waals surface area contributed by atoms with E-state index < -0.39 is 36.4 Å². The highest BCUT2D eigenvalue weighted by Crippen LogP contribution is 2.16. The predicted octanol–water partition coefficient (Wildman–Crippen LogP) is 1.09. The zero-order valence-electron chi connectivity index (χ0n) is 12.5. The van der Waals surface area contributed by atoms with E-state index in [9.17, 15) is 19.5 Å². The molecule has 0 amide bonds. The summed E-state index contributed by atoms with van der Waals surface area (Å²) in [5.74, 6) is -4.28. The van der Waals surface area contributed by atoms with Gasteiger partial charge >= 0.3 is 17.9 Å². The zero-order valence-corrected chi connectivity index (χ0v) is 12.5. The zero-order chi connectivity index (χ0) is 17.2. The highest BCUT2D eigenvalue weighted by atomic mass is 16.5. The van der Waals surface area contributed by atoms with Crippen LogP contribution in [0.4, 0.5) is 0 Å². The summed E-state index contributed by atoms with van der Waals surface area (Å²) < 4.78 is 4.12. The number of ether oxygens (including phenoxy) is 1. The highest BCUT2D eigenvalue weighted by molar-refractivity contribution is 5.88. The Bertz CT molecular complexity index is 498. The van der Waals surface area contributed by atoms with Crippen LogP contribution in [0.3, 0.4) is 0 Å². The third kappa shape index (κ3) is 7.39. The van der Waals surface area contributed by atoms with Crippen LogP contribution < -0.4 is 0 Å². The van der Waals surface area contributed by atoms with Crippen molar-refractivity contribution in [3.05, 3.63) is 35.9 Å². The first-order chi connectivity index (χ1) is 10.2. The molecule has 1 unspecified atom stereocenters. The van der Waals surface area contributed by atoms with Gasteiger partial charge in [0.1, 0.15) is 0 Å². The van der Waals surface area contributed by atoms with Gasteiger partial charge in [-0.3, -0.25) is 9.59 Å². The maximum Gasteiger partial charge on any atom is 0.336 e. The Balaban J connectivity index is 0.000000461. The van der Waals surface area contributed by atoms with Crippen molar-refractivity contribution in [3.63, 3.8) is 0 Å². The van der Waals surface area contributed by atoms with Crippen molar-refractivity contribution in [2.45, 2.75) is 31.8 Å². The largest absolute Gasteiger partial charge is 0.481 e. The Labute approximate surface area is 128 Å². The van der Waals surface area contributed by atoms with Crippen LogP contribution in [0.5, 0.6) is 0 Å². The quantitative estimate of drug-likeness (QED) is 0.672. The van der Waals surface area contributed by atoms with Gasteiger partial charge in [-0.2, -0.15) is 0 Å². The molecule has 0 bridgehead atoms. The van der Waals surface area contributed by atoms with Gasteiger partial charge in [0, 0.05) is 0 Å². The number of benzene rings is 1. The number of esters is 1. The number of carboxylic acid groups (broad SMARTS) is 2. The Morgan fingerprint density at radius 3 is 1.95 bits per heavy atom. The fraction of sp³-hybridized carbons (Fsp3) is 0.400. The van der Waals surface area contributed by atoms with Crippen molar-refractivity contribution in [1.82, 2.24) is 0 Å². The van der Waals surface area contributed by atoms with Gasteiger partial charge in [0.2, 0.25) is 0 Å². The summed E-state index contributed by atoms with van der Waals surface area (Å²) in [7, 11) is 1.01. The fourth-order valence-electron chi connectivity index (χ4n) is 1.49. The van der Waals surface area contributed by atoms with E-state index in [0.29, 0.717) is 0 Å². The summed E-state index contributed by atoms with van der Waals surface area (Å²) in [6.45, 7) is 2.16. The lowest BCUT2D eigenvalue weighted by molar-refractivity contribution is -0.171. The number of hydrogen-bond acceptors (Lipinski definition) is 5. The third-order valence-corrected chi connectivity index (χ3v) is 2.76. The Morgan fingerprint density at radius 2 is 1.64 bits per heavy atom. The second-order valence-electron chi connectivity index (χ2n) is 4.50. The number of carboxylic acids is 2. The number of hydrogen-bond donors (Lipinski definition) is 3. The van der Waals surface area contributed by atoms with Crippen molar-refractivity contribution in [2.75, 3.05) is 7.11 Å². The van der Waals surface area contributed by atoms with E-state index in [0.717, 1.165) is 13.5 Å². The number of aliphatic hydroxyl groups is 1. The summed E-state index contributed by atoms with van der Waals surface area (Å²) in [5, 5.41) is 26.1. The van der Waals surface area contributed by atoms with Crippen molar-refractivity contribution in [1.29, 1.82) is 0 Å². The van der Waals surface area contributed by atoms with E-state index in [-0.39, 0.29) is 0 Å². The first-order valence-corrected chi connectivity index (χ1v) is 6.53. The number of rotatable bonds is 6. The minimum absolute atomic E-state index is 0.898. The fourth-order valence-corrected chi connectivity index (χ4v) is 1.49. The average Bonchev–Trinajstić information content (AvgIpc) is 2.47. The van der Waals surface area contributed by atoms with E-state index >= 15 is 0 Å². The van der Waals surface area contributed by atoms with Gasteiger partial charge in [-0.05, 0) is 12.0 Å². The number of methoxy groups -OCH3 is 1. The molecule has 0 aliphatic rings. The Morgan fingerprint density at radius 1 is 1.09 bits per heavy atom. The van der Waals surface area contributed by atoms with Crippen molar-refractivity contribution in [2.24, 2.45) is 0 Å². The first kappa shape index (κ1) is 19.6. The van der Waals surface area contributed by atoms with E-state index in [4.69, 9.17) is 10.2 Å². The number of carbonyl (C=O) groups is 3. The van der Waals surface area contributed by atoms with Crippen molar-refractivity contribution in [3.8, 4) is 0 Å². The summed E-state index contributed by atoms with van der Waals surface area (Å²) in [6, 6.07) is 10.5. The lowest BCUT2D eigenvalue weighted by Crippen LogP contribution is -2.42. The summed E-state index contributed by atoms with van der Waals surface area (Å²) in [6.07, 6.45) is -0.816. The molecule has 1 atom stereocenters. The van der Waals surface area contributed by atoms with Crippen LogP contribution in [0.2, 0.25) is 0 Å². The maximum absolute atomic E-state index is 10.7. The van der Waals surface area contributed by atoms with Gasteiger partial charge in [0.15, 0.2) is 5.60 Å². The maximum atomic E-state index is 10.7. The van der Waals surface area contributed by atoms with E-state index in [2.05, 4.69) is 35.9 Å². The molecule has 0 aliphatic carbocycles.